The molecule has 1 rings (SSSR count). The molecule has 0 radical (unpaired) electrons. The van der Waals surface area contributed by atoms with E-state index in [1.807, 2.05) is 20.8 Å². The summed E-state index contributed by atoms with van der Waals surface area (Å²) in [4.78, 5) is 15.9. The van der Waals surface area contributed by atoms with E-state index in [-0.39, 0.29) is 6.09 Å². The molecule has 0 bridgehead atoms. The van der Waals surface area contributed by atoms with Gasteiger partial charge in [0.1, 0.15) is 5.60 Å². The van der Waals surface area contributed by atoms with Gasteiger partial charge in [0.15, 0.2) is 0 Å². The smallest absolute Gasteiger partial charge is 0.410 e. The van der Waals surface area contributed by atoms with Gasteiger partial charge in [0.2, 0.25) is 0 Å². The van der Waals surface area contributed by atoms with Crippen LogP contribution in [0.4, 0.5) is 13.6 Å². The Morgan fingerprint density at radius 1 is 1.23 bits per heavy atom. The molecule has 0 spiro atoms. The summed E-state index contributed by atoms with van der Waals surface area (Å²) < 4.78 is 30.0. The third kappa shape index (κ3) is 7.35. The van der Waals surface area contributed by atoms with E-state index in [9.17, 15) is 13.6 Å². The Hall–Kier alpha value is -0.950. The van der Waals surface area contributed by atoms with Crippen molar-refractivity contribution in [3.63, 3.8) is 0 Å². The van der Waals surface area contributed by atoms with Crippen LogP contribution >= 0.6 is 0 Å². The van der Waals surface area contributed by atoms with E-state index in [0.717, 1.165) is 26.1 Å². The van der Waals surface area contributed by atoms with E-state index in [0.29, 0.717) is 19.6 Å². The van der Waals surface area contributed by atoms with E-state index in [4.69, 9.17) is 4.74 Å². The molecule has 130 valence electrons. The average Bonchev–Trinajstić information content (AvgIpc) is 2.42. The number of halogens is 2. The molecule has 0 saturated carbocycles. The number of nitrogens with zero attached hydrogens (tertiary/aromatic N) is 2. The van der Waals surface area contributed by atoms with E-state index in [1.165, 1.54) is 6.92 Å². The van der Waals surface area contributed by atoms with Crippen LogP contribution in [0.5, 0.6) is 0 Å². The summed E-state index contributed by atoms with van der Waals surface area (Å²) in [6.07, 6.45) is -1.76. The largest absolute Gasteiger partial charge is 0.444 e. The quantitative estimate of drug-likeness (QED) is 0.762. The van der Waals surface area contributed by atoms with Crippen molar-refractivity contribution >= 4 is 6.09 Å². The minimum atomic E-state index is -2.32. The van der Waals surface area contributed by atoms with Gasteiger partial charge in [-0.25, -0.2) is 13.6 Å². The number of nitrogens with one attached hydrogen (secondary N) is 1. The molecule has 5 nitrogen and oxygen atoms in total. The Labute approximate surface area is 132 Å². The summed E-state index contributed by atoms with van der Waals surface area (Å²) >= 11 is 0. The van der Waals surface area contributed by atoms with Crippen LogP contribution in [0.1, 0.15) is 34.1 Å². The lowest BCUT2D eigenvalue weighted by Crippen LogP contribution is -2.50. The first-order valence-corrected chi connectivity index (χ1v) is 7.91. The van der Waals surface area contributed by atoms with Gasteiger partial charge < -0.3 is 15.0 Å². The van der Waals surface area contributed by atoms with Crippen molar-refractivity contribution in [2.24, 2.45) is 0 Å². The summed E-state index contributed by atoms with van der Waals surface area (Å²) in [6.45, 7) is 11.4. The maximum atomic E-state index is 12.3. The van der Waals surface area contributed by atoms with Crippen LogP contribution < -0.4 is 5.32 Å². The molecule has 0 aromatic heterocycles. The summed E-state index contributed by atoms with van der Waals surface area (Å²) in [6, 6.07) is -0.760. The molecule has 0 aromatic rings. The second-order valence-corrected chi connectivity index (χ2v) is 6.74. The molecule has 1 aliphatic heterocycles. The second kappa shape index (κ2) is 8.62. The Morgan fingerprint density at radius 2 is 1.82 bits per heavy atom. The van der Waals surface area contributed by atoms with Gasteiger partial charge in [0.25, 0.3) is 6.43 Å². The molecule has 0 aromatic carbocycles. The van der Waals surface area contributed by atoms with Crippen molar-refractivity contribution < 1.29 is 18.3 Å². The fourth-order valence-electron chi connectivity index (χ4n) is 2.20. The summed E-state index contributed by atoms with van der Waals surface area (Å²) in [5.74, 6) is 0. The van der Waals surface area contributed by atoms with E-state index >= 15 is 0 Å². The average molecular weight is 321 g/mol. The van der Waals surface area contributed by atoms with Crippen molar-refractivity contribution in [1.82, 2.24) is 15.1 Å². The van der Waals surface area contributed by atoms with Crippen molar-refractivity contribution in [3.05, 3.63) is 0 Å². The number of alkyl halides is 2. The van der Waals surface area contributed by atoms with Gasteiger partial charge in [-0.2, -0.15) is 0 Å². The molecule has 1 atom stereocenters. The molecule has 1 aliphatic rings. The SMILES string of the molecule is CC(NCCCN1CCN(C(=O)OC(C)(C)C)CC1)C(F)F. The Kier molecular flexibility index (Phi) is 7.48. The van der Waals surface area contributed by atoms with Crippen LogP contribution in [0, 0.1) is 0 Å². The molecule has 1 heterocycles. The third-order valence-corrected chi connectivity index (χ3v) is 3.52. The van der Waals surface area contributed by atoms with Gasteiger partial charge in [-0.3, -0.25) is 4.90 Å². The molecular weight excluding hydrogens is 292 g/mol. The highest BCUT2D eigenvalue weighted by Crippen LogP contribution is 2.12. The Balaban J connectivity index is 2.16. The fraction of sp³-hybridized carbons (Fsp3) is 0.933. The van der Waals surface area contributed by atoms with Crippen molar-refractivity contribution in [3.8, 4) is 0 Å². The third-order valence-electron chi connectivity index (χ3n) is 3.52. The lowest BCUT2D eigenvalue weighted by atomic mass is 10.2. The lowest BCUT2D eigenvalue weighted by molar-refractivity contribution is 0.0144. The zero-order valence-electron chi connectivity index (χ0n) is 14.1. The number of carbonyl (C=O) groups is 1. The van der Waals surface area contributed by atoms with Gasteiger partial charge in [0.05, 0.1) is 6.04 Å². The molecule has 1 fully saturated rings. The normalized spacial score (nSPS) is 18.6. The van der Waals surface area contributed by atoms with Gasteiger partial charge in [-0.05, 0) is 47.2 Å². The number of ether oxygens (including phenoxy) is 1. The molecule has 1 N–H and O–H groups in total. The molecule has 1 amide bonds. The van der Waals surface area contributed by atoms with E-state index in [2.05, 4.69) is 10.2 Å². The van der Waals surface area contributed by atoms with Crippen molar-refractivity contribution in [1.29, 1.82) is 0 Å². The topological polar surface area (TPSA) is 44.8 Å². The number of piperazine rings is 1. The molecule has 7 heteroatoms. The standard InChI is InChI=1S/C15H29F2N3O2/c1-12(13(16)17)18-6-5-7-19-8-10-20(11-9-19)14(21)22-15(2,3)4/h12-13,18H,5-11H2,1-4H3. The van der Waals surface area contributed by atoms with Crippen LogP contribution in [0.15, 0.2) is 0 Å². The van der Waals surface area contributed by atoms with E-state index < -0.39 is 18.1 Å². The zero-order valence-corrected chi connectivity index (χ0v) is 14.1. The highest BCUT2D eigenvalue weighted by molar-refractivity contribution is 5.68. The molecule has 1 unspecified atom stereocenters. The van der Waals surface area contributed by atoms with Crippen molar-refractivity contribution in [2.75, 3.05) is 39.3 Å². The summed E-state index contributed by atoms with van der Waals surface area (Å²) in [5.41, 5.74) is -0.471. The molecule has 22 heavy (non-hydrogen) atoms. The summed E-state index contributed by atoms with van der Waals surface area (Å²) in [7, 11) is 0. The maximum Gasteiger partial charge on any atom is 0.410 e. The fourth-order valence-corrected chi connectivity index (χ4v) is 2.20. The van der Waals surface area contributed by atoms with Crippen LogP contribution in [0.2, 0.25) is 0 Å². The van der Waals surface area contributed by atoms with Gasteiger partial charge in [0, 0.05) is 26.2 Å². The first kappa shape index (κ1) is 19.1. The Bertz CT molecular complexity index is 340. The monoisotopic (exact) mass is 321 g/mol. The number of hydrogen-bond donors (Lipinski definition) is 1. The minimum Gasteiger partial charge on any atom is -0.444 e. The number of carbonyl (C=O) groups excluding carboxylic acids is 1. The molecule has 0 aliphatic carbocycles. The van der Waals surface area contributed by atoms with Gasteiger partial charge in [-0.1, -0.05) is 0 Å². The first-order chi connectivity index (χ1) is 10.2. The predicted molar refractivity (Wildman–Crippen MR) is 82.3 cm³/mol. The van der Waals surface area contributed by atoms with Crippen LogP contribution in [0.25, 0.3) is 0 Å². The number of hydrogen-bond acceptors (Lipinski definition) is 4. The first-order valence-electron chi connectivity index (χ1n) is 7.91. The minimum absolute atomic E-state index is 0.264. The number of rotatable bonds is 6. The predicted octanol–water partition coefficient (Wildman–Crippen LogP) is 2.17. The lowest BCUT2D eigenvalue weighted by Gasteiger charge is -2.35. The van der Waals surface area contributed by atoms with E-state index in [1.54, 1.807) is 4.90 Å². The van der Waals surface area contributed by atoms with Crippen molar-refractivity contribution in [2.45, 2.75) is 52.2 Å². The number of amides is 1. The molecular formula is C15H29F2N3O2. The van der Waals surface area contributed by atoms with Gasteiger partial charge >= 0.3 is 6.09 Å². The highest BCUT2D eigenvalue weighted by atomic mass is 19.3. The summed E-state index contributed by atoms with van der Waals surface area (Å²) in [5, 5.41) is 2.81. The Morgan fingerprint density at radius 3 is 2.32 bits per heavy atom. The molecule has 1 saturated heterocycles. The highest BCUT2D eigenvalue weighted by Gasteiger charge is 2.25. The second-order valence-electron chi connectivity index (χ2n) is 6.74. The zero-order chi connectivity index (χ0) is 16.8. The van der Waals surface area contributed by atoms with Gasteiger partial charge in [-0.15, -0.1) is 0 Å². The van der Waals surface area contributed by atoms with Crippen LogP contribution in [0.3, 0.4) is 0 Å². The van der Waals surface area contributed by atoms with Crippen LogP contribution in [-0.2, 0) is 4.74 Å². The maximum absolute atomic E-state index is 12.3. The van der Waals surface area contributed by atoms with Crippen LogP contribution in [-0.4, -0.2) is 73.2 Å².